The highest BCUT2D eigenvalue weighted by atomic mass is 35.5. The maximum atomic E-state index is 13.5. The fraction of sp³-hybridized carbons (Fsp3) is 0.455. The second kappa shape index (κ2) is 6.37. The SMILES string of the molecule is Cl.NCC(NS(=O)(=O)c1cc(Cl)ccc1F)C1CC1. The number of benzene rings is 1. The van der Waals surface area contributed by atoms with Gasteiger partial charge in [0.25, 0.3) is 0 Å². The third kappa shape index (κ3) is 4.03. The third-order valence-corrected chi connectivity index (χ3v) is 4.67. The molecule has 108 valence electrons. The number of halogens is 3. The van der Waals surface area contributed by atoms with Crippen molar-refractivity contribution in [2.24, 2.45) is 11.7 Å². The first-order chi connectivity index (χ1) is 8.44. The van der Waals surface area contributed by atoms with Crippen molar-refractivity contribution in [3.63, 3.8) is 0 Å². The summed E-state index contributed by atoms with van der Waals surface area (Å²) in [6.07, 6.45) is 1.89. The minimum Gasteiger partial charge on any atom is -0.329 e. The molecule has 1 unspecified atom stereocenters. The largest absolute Gasteiger partial charge is 0.329 e. The molecule has 2 rings (SSSR count). The molecule has 0 saturated heterocycles. The molecular weight excluding hydrogens is 314 g/mol. The van der Waals surface area contributed by atoms with E-state index in [1.54, 1.807) is 0 Å². The van der Waals surface area contributed by atoms with Gasteiger partial charge in [0.1, 0.15) is 10.7 Å². The summed E-state index contributed by atoms with van der Waals surface area (Å²) in [6.45, 7) is 0.200. The second-order valence-electron chi connectivity index (χ2n) is 4.38. The van der Waals surface area contributed by atoms with Crippen molar-refractivity contribution in [2.45, 2.75) is 23.8 Å². The summed E-state index contributed by atoms with van der Waals surface area (Å²) < 4.78 is 40.0. The lowest BCUT2D eigenvalue weighted by Gasteiger charge is -2.16. The average molecular weight is 329 g/mol. The Labute approximate surface area is 123 Å². The third-order valence-electron chi connectivity index (χ3n) is 2.93. The molecule has 1 atom stereocenters. The Bertz CT molecular complexity index is 550. The van der Waals surface area contributed by atoms with Gasteiger partial charge in [-0.15, -0.1) is 12.4 Å². The van der Waals surface area contributed by atoms with E-state index in [0.717, 1.165) is 25.0 Å². The summed E-state index contributed by atoms with van der Waals surface area (Å²) in [7, 11) is -3.92. The van der Waals surface area contributed by atoms with Gasteiger partial charge < -0.3 is 5.73 Å². The number of hydrogen-bond donors (Lipinski definition) is 2. The van der Waals surface area contributed by atoms with Gasteiger partial charge in [0.05, 0.1) is 0 Å². The summed E-state index contributed by atoms with van der Waals surface area (Å²) in [5.41, 5.74) is 5.52. The van der Waals surface area contributed by atoms with Crippen LogP contribution in [0.3, 0.4) is 0 Å². The molecule has 1 aromatic carbocycles. The van der Waals surface area contributed by atoms with E-state index >= 15 is 0 Å². The number of nitrogens with two attached hydrogens (primary N) is 1. The summed E-state index contributed by atoms with van der Waals surface area (Å²) in [4.78, 5) is -0.436. The van der Waals surface area contributed by atoms with Crippen LogP contribution in [0.25, 0.3) is 0 Å². The molecule has 1 aromatic rings. The number of rotatable bonds is 5. The molecule has 0 heterocycles. The van der Waals surface area contributed by atoms with Crippen molar-refractivity contribution in [2.75, 3.05) is 6.54 Å². The van der Waals surface area contributed by atoms with Crippen LogP contribution in [-0.2, 0) is 10.0 Å². The van der Waals surface area contributed by atoms with Gasteiger partial charge >= 0.3 is 0 Å². The first-order valence-corrected chi connectivity index (χ1v) is 7.47. The minimum absolute atomic E-state index is 0. The molecule has 0 spiro atoms. The van der Waals surface area contributed by atoms with E-state index in [4.69, 9.17) is 17.3 Å². The van der Waals surface area contributed by atoms with E-state index in [9.17, 15) is 12.8 Å². The molecule has 1 fully saturated rings. The Morgan fingerprint density at radius 3 is 2.63 bits per heavy atom. The molecular formula is C11H15Cl2FN2O2S. The summed E-state index contributed by atoms with van der Waals surface area (Å²) in [5, 5.41) is 0.174. The van der Waals surface area contributed by atoms with Gasteiger partial charge in [0.15, 0.2) is 0 Å². The lowest BCUT2D eigenvalue weighted by molar-refractivity contribution is 0.511. The van der Waals surface area contributed by atoms with Crippen LogP contribution in [0.2, 0.25) is 5.02 Å². The molecule has 8 heteroatoms. The summed E-state index contributed by atoms with van der Waals surface area (Å²) >= 11 is 5.68. The monoisotopic (exact) mass is 328 g/mol. The zero-order valence-corrected chi connectivity index (χ0v) is 12.4. The van der Waals surface area contributed by atoms with Crippen LogP contribution in [0.5, 0.6) is 0 Å². The highest BCUT2D eigenvalue weighted by Crippen LogP contribution is 2.33. The maximum absolute atomic E-state index is 13.5. The van der Waals surface area contributed by atoms with E-state index < -0.39 is 20.7 Å². The van der Waals surface area contributed by atoms with Gasteiger partial charge in [-0.05, 0) is 37.0 Å². The zero-order chi connectivity index (χ0) is 13.3. The maximum Gasteiger partial charge on any atom is 0.243 e. The molecule has 0 aromatic heterocycles. The van der Waals surface area contributed by atoms with Gasteiger partial charge in [-0.2, -0.15) is 0 Å². The van der Waals surface area contributed by atoms with E-state index in [0.29, 0.717) is 0 Å². The van der Waals surface area contributed by atoms with Crippen molar-refractivity contribution in [1.29, 1.82) is 0 Å². The van der Waals surface area contributed by atoms with Crippen molar-refractivity contribution >= 4 is 34.0 Å². The second-order valence-corrected chi connectivity index (χ2v) is 6.49. The summed E-state index contributed by atoms with van der Waals surface area (Å²) in [6, 6.07) is 3.09. The Morgan fingerprint density at radius 1 is 1.47 bits per heavy atom. The minimum atomic E-state index is -3.92. The molecule has 1 saturated carbocycles. The van der Waals surface area contributed by atoms with Crippen LogP contribution in [0, 0.1) is 11.7 Å². The number of nitrogens with one attached hydrogen (secondary N) is 1. The zero-order valence-electron chi connectivity index (χ0n) is 9.97. The van der Waals surface area contributed by atoms with E-state index in [1.165, 1.54) is 6.07 Å². The lowest BCUT2D eigenvalue weighted by atomic mass is 10.2. The van der Waals surface area contributed by atoms with Crippen LogP contribution < -0.4 is 10.5 Å². The van der Waals surface area contributed by atoms with Gasteiger partial charge in [-0.1, -0.05) is 11.6 Å². The van der Waals surface area contributed by atoms with Crippen molar-refractivity contribution in [3.8, 4) is 0 Å². The Morgan fingerprint density at radius 2 is 2.11 bits per heavy atom. The van der Waals surface area contributed by atoms with Crippen molar-refractivity contribution in [3.05, 3.63) is 29.0 Å². The first kappa shape index (κ1) is 16.7. The van der Waals surface area contributed by atoms with Crippen LogP contribution in [0.15, 0.2) is 23.1 Å². The molecule has 19 heavy (non-hydrogen) atoms. The Balaban J connectivity index is 0.00000180. The van der Waals surface area contributed by atoms with E-state index in [2.05, 4.69) is 4.72 Å². The van der Waals surface area contributed by atoms with Crippen LogP contribution in [-0.4, -0.2) is 21.0 Å². The standard InChI is InChI=1S/C11H14ClFN2O2S.ClH/c12-8-3-4-9(13)11(5-8)18(16,17)15-10(6-14)7-1-2-7;/h3-5,7,10,15H,1-2,6,14H2;1H. The average Bonchev–Trinajstić information content (AvgIpc) is 3.13. The van der Waals surface area contributed by atoms with E-state index in [-0.39, 0.29) is 35.9 Å². The molecule has 0 radical (unpaired) electrons. The molecule has 0 bridgehead atoms. The number of hydrogen-bond acceptors (Lipinski definition) is 3. The molecule has 1 aliphatic carbocycles. The van der Waals surface area contributed by atoms with Crippen molar-refractivity contribution < 1.29 is 12.8 Å². The molecule has 0 aliphatic heterocycles. The Hall–Kier alpha value is -0.400. The first-order valence-electron chi connectivity index (χ1n) is 5.61. The predicted molar refractivity (Wildman–Crippen MR) is 74.5 cm³/mol. The van der Waals surface area contributed by atoms with E-state index in [1.807, 2.05) is 0 Å². The Kier molecular flexibility index (Phi) is 5.58. The summed E-state index contributed by atoms with van der Waals surface area (Å²) in [5.74, 6) is -0.564. The normalized spacial score (nSPS) is 16.8. The topological polar surface area (TPSA) is 72.2 Å². The predicted octanol–water partition coefficient (Wildman–Crippen LogP) is 1.92. The van der Waals surface area contributed by atoms with Crippen LogP contribution in [0.4, 0.5) is 4.39 Å². The van der Waals surface area contributed by atoms with Gasteiger partial charge in [-0.3, -0.25) is 0 Å². The molecule has 1 aliphatic rings. The smallest absolute Gasteiger partial charge is 0.243 e. The fourth-order valence-corrected chi connectivity index (χ4v) is 3.44. The highest BCUT2D eigenvalue weighted by Gasteiger charge is 2.34. The van der Waals surface area contributed by atoms with Crippen LogP contribution in [0.1, 0.15) is 12.8 Å². The number of sulfonamides is 1. The highest BCUT2D eigenvalue weighted by molar-refractivity contribution is 7.89. The molecule has 4 nitrogen and oxygen atoms in total. The van der Waals surface area contributed by atoms with Gasteiger partial charge in [0, 0.05) is 17.6 Å². The van der Waals surface area contributed by atoms with Gasteiger partial charge in [-0.25, -0.2) is 17.5 Å². The fourth-order valence-electron chi connectivity index (χ4n) is 1.78. The molecule has 3 N–H and O–H groups in total. The lowest BCUT2D eigenvalue weighted by Crippen LogP contribution is -2.41. The van der Waals surface area contributed by atoms with Crippen LogP contribution >= 0.6 is 24.0 Å². The quantitative estimate of drug-likeness (QED) is 0.867. The molecule has 0 amide bonds. The van der Waals surface area contributed by atoms with Gasteiger partial charge in [0.2, 0.25) is 10.0 Å². The van der Waals surface area contributed by atoms with Crippen molar-refractivity contribution in [1.82, 2.24) is 4.72 Å².